The van der Waals surface area contributed by atoms with Gasteiger partial charge in [-0.2, -0.15) is 0 Å². The highest BCUT2D eigenvalue weighted by molar-refractivity contribution is 9.11. The first-order valence-corrected chi connectivity index (χ1v) is 8.19. The maximum absolute atomic E-state index is 12.8. The molecule has 0 aliphatic heterocycles. The number of halogens is 3. The van der Waals surface area contributed by atoms with Gasteiger partial charge in [-0.05, 0) is 58.4 Å². The third-order valence-electron chi connectivity index (χ3n) is 2.28. The van der Waals surface area contributed by atoms with Gasteiger partial charge in [0.15, 0.2) is 0 Å². The topological polar surface area (TPSA) is 46.2 Å². The number of hydrogen-bond donors (Lipinski definition) is 1. The molecule has 2 aromatic rings. The van der Waals surface area contributed by atoms with E-state index in [-0.39, 0.29) is 4.90 Å². The molecule has 0 aliphatic rings. The van der Waals surface area contributed by atoms with E-state index in [0.29, 0.717) is 10.2 Å². The zero-order chi connectivity index (χ0) is 14.0. The van der Waals surface area contributed by atoms with Crippen LogP contribution in [0.5, 0.6) is 0 Å². The Hall–Kier alpha value is -0.920. The Kier molecular flexibility index (Phi) is 4.27. The van der Waals surface area contributed by atoms with Gasteiger partial charge in [-0.25, -0.2) is 12.8 Å². The maximum Gasteiger partial charge on any atom is 0.263 e. The number of hydrogen-bond acceptors (Lipinski definition) is 2. The van der Waals surface area contributed by atoms with E-state index < -0.39 is 15.8 Å². The van der Waals surface area contributed by atoms with Gasteiger partial charge in [-0.1, -0.05) is 15.9 Å². The standard InChI is InChI=1S/C12H8Br2FNO2S/c13-8-1-6-12(11(14)7-8)19(17,18)16-10-4-2-9(15)3-5-10/h1-7,16H. The molecule has 0 unspecified atom stereocenters. The summed E-state index contributed by atoms with van der Waals surface area (Å²) < 4.78 is 40.7. The molecule has 7 heteroatoms. The van der Waals surface area contributed by atoms with E-state index in [4.69, 9.17) is 0 Å². The first kappa shape index (κ1) is 14.5. The monoisotopic (exact) mass is 407 g/mol. The van der Waals surface area contributed by atoms with Crippen LogP contribution in [0.4, 0.5) is 10.1 Å². The van der Waals surface area contributed by atoms with E-state index in [1.54, 1.807) is 12.1 Å². The fourth-order valence-corrected chi connectivity index (χ4v) is 4.23. The highest BCUT2D eigenvalue weighted by Crippen LogP contribution is 2.27. The first-order chi connectivity index (χ1) is 8.88. The summed E-state index contributed by atoms with van der Waals surface area (Å²) in [5.41, 5.74) is 0.302. The summed E-state index contributed by atoms with van der Waals surface area (Å²) in [6.45, 7) is 0. The molecule has 1 N–H and O–H groups in total. The second kappa shape index (κ2) is 5.60. The molecule has 0 radical (unpaired) electrons. The molecule has 0 bridgehead atoms. The summed E-state index contributed by atoms with van der Waals surface area (Å²) in [5.74, 6) is -0.423. The van der Waals surface area contributed by atoms with E-state index >= 15 is 0 Å². The van der Waals surface area contributed by atoms with Crippen molar-refractivity contribution in [3.8, 4) is 0 Å². The molecule has 0 aromatic heterocycles. The van der Waals surface area contributed by atoms with Crippen LogP contribution in [0.2, 0.25) is 0 Å². The van der Waals surface area contributed by atoms with Gasteiger partial charge in [-0.3, -0.25) is 4.72 Å². The van der Waals surface area contributed by atoms with Crippen molar-refractivity contribution < 1.29 is 12.8 Å². The molecule has 0 saturated heterocycles. The van der Waals surface area contributed by atoms with Gasteiger partial charge in [0.2, 0.25) is 0 Å². The van der Waals surface area contributed by atoms with Crippen molar-refractivity contribution in [2.24, 2.45) is 0 Å². The summed E-state index contributed by atoms with van der Waals surface area (Å²) in [7, 11) is -3.71. The quantitative estimate of drug-likeness (QED) is 0.828. The molecule has 3 nitrogen and oxygen atoms in total. The predicted octanol–water partition coefficient (Wildman–Crippen LogP) is 4.15. The van der Waals surface area contributed by atoms with Crippen LogP contribution in [-0.2, 0) is 10.0 Å². The molecule has 2 rings (SSSR count). The Morgan fingerprint density at radius 2 is 1.63 bits per heavy atom. The molecule has 0 saturated carbocycles. The van der Waals surface area contributed by atoms with Crippen molar-refractivity contribution >= 4 is 47.6 Å². The number of anilines is 1. The summed E-state index contributed by atoms with van der Waals surface area (Å²) in [5, 5.41) is 0. The first-order valence-electron chi connectivity index (χ1n) is 5.12. The molecule has 2 aromatic carbocycles. The molecule has 0 fully saturated rings. The van der Waals surface area contributed by atoms with Gasteiger partial charge < -0.3 is 0 Å². The van der Waals surface area contributed by atoms with Crippen LogP contribution in [0.15, 0.2) is 56.3 Å². The molecular weight excluding hydrogens is 401 g/mol. The fraction of sp³-hybridized carbons (Fsp3) is 0. The van der Waals surface area contributed by atoms with Crippen LogP contribution in [0, 0.1) is 5.82 Å². The van der Waals surface area contributed by atoms with Crippen LogP contribution >= 0.6 is 31.9 Å². The average Bonchev–Trinajstić information content (AvgIpc) is 2.31. The Morgan fingerprint density at radius 3 is 2.21 bits per heavy atom. The minimum atomic E-state index is -3.71. The Labute approximate surface area is 127 Å². The smallest absolute Gasteiger partial charge is 0.263 e. The number of benzene rings is 2. The summed E-state index contributed by atoms with van der Waals surface area (Å²) in [4.78, 5) is 0.111. The third-order valence-corrected chi connectivity index (χ3v) is 5.13. The highest BCUT2D eigenvalue weighted by atomic mass is 79.9. The van der Waals surface area contributed by atoms with Gasteiger partial charge in [0.1, 0.15) is 10.7 Å². The van der Waals surface area contributed by atoms with Crippen molar-refractivity contribution in [2.75, 3.05) is 4.72 Å². The van der Waals surface area contributed by atoms with Crippen molar-refractivity contribution in [1.82, 2.24) is 0 Å². The number of sulfonamides is 1. The minimum Gasteiger partial charge on any atom is -0.280 e. The molecular formula is C12H8Br2FNO2S. The van der Waals surface area contributed by atoms with Crippen molar-refractivity contribution in [3.63, 3.8) is 0 Å². The van der Waals surface area contributed by atoms with E-state index in [1.807, 2.05) is 0 Å². The van der Waals surface area contributed by atoms with Crippen molar-refractivity contribution in [3.05, 3.63) is 57.2 Å². The zero-order valence-corrected chi connectivity index (χ0v) is 13.4. The van der Waals surface area contributed by atoms with Crippen LogP contribution in [0.25, 0.3) is 0 Å². The second-order valence-corrected chi connectivity index (χ2v) is 7.11. The highest BCUT2D eigenvalue weighted by Gasteiger charge is 2.17. The predicted molar refractivity (Wildman–Crippen MR) is 79.1 cm³/mol. The Morgan fingerprint density at radius 1 is 1.00 bits per heavy atom. The Balaban J connectivity index is 2.35. The molecule has 0 atom stereocenters. The lowest BCUT2D eigenvalue weighted by Gasteiger charge is -2.09. The second-order valence-electron chi connectivity index (χ2n) is 3.69. The third kappa shape index (κ3) is 3.55. The lowest BCUT2D eigenvalue weighted by atomic mass is 10.3. The largest absolute Gasteiger partial charge is 0.280 e. The van der Waals surface area contributed by atoms with E-state index in [9.17, 15) is 12.8 Å². The summed E-state index contributed by atoms with van der Waals surface area (Å²) in [6, 6.07) is 9.84. The number of nitrogens with one attached hydrogen (secondary N) is 1. The molecule has 0 aliphatic carbocycles. The zero-order valence-electron chi connectivity index (χ0n) is 9.40. The number of rotatable bonds is 3. The SMILES string of the molecule is O=S(=O)(Nc1ccc(F)cc1)c1ccc(Br)cc1Br. The molecule has 0 spiro atoms. The van der Waals surface area contributed by atoms with Gasteiger partial charge >= 0.3 is 0 Å². The van der Waals surface area contributed by atoms with E-state index in [0.717, 1.165) is 4.47 Å². The van der Waals surface area contributed by atoms with Gasteiger partial charge in [0.05, 0.1) is 0 Å². The lowest BCUT2D eigenvalue weighted by molar-refractivity contribution is 0.600. The molecule has 100 valence electrons. The van der Waals surface area contributed by atoms with Crippen LogP contribution in [0.1, 0.15) is 0 Å². The molecule has 19 heavy (non-hydrogen) atoms. The maximum atomic E-state index is 12.8. The Bertz CT molecular complexity index is 702. The fourth-order valence-electron chi connectivity index (χ4n) is 1.42. The van der Waals surface area contributed by atoms with Gasteiger partial charge in [0, 0.05) is 14.6 Å². The van der Waals surface area contributed by atoms with Crippen LogP contribution in [0.3, 0.4) is 0 Å². The molecule has 0 amide bonds. The minimum absolute atomic E-state index is 0.111. The lowest BCUT2D eigenvalue weighted by Crippen LogP contribution is -2.13. The van der Waals surface area contributed by atoms with E-state index in [1.165, 1.54) is 30.3 Å². The van der Waals surface area contributed by atoms with Crippen LogP contribution < -0.4 is 4.72 Å². The van der Waals surface area contributed by atoms with Crippen molar-refractivity contribution in [1.29, 1.82) is 0 Å². The average molecular weight is 409 g/mol. The normalized spacial score (nSPS) is 11.3. The summed E-state index contributed by atoms with van der Waals surface area (Å²) >= 11 is 6.45. The summed E-state index contributed by atoms with van der Waals surface area (Å²) in [6.07, 6.45) is 0. The molecule has 0 heterocycles. The van der Waals surface area contributed by atoms with Crippen molar-refractivity contribution in [2.45, 2.75) is 4.90 Å². The van der Waals surface area contributed by atoms with Gasteiger partial charge in [-0.15, -0.1) is 0 Å². The van der Waals surface area contributed by atoms with Gasteiger partial charge in [0.25, 0.3) is 10.0 Å². The van der Waals surface area contributed by atoms with Crippen LogP contribution in [-0.4, -0.2) is 8.42 Å². The van der Waals surface area contributed by atoms with E-state index in [2.05, 4.69) is 36.6 Å².